The van der Waals surface area contributed by atoms with E-state index in [9.17, 15) is 0 Å². The van der Waals surface area contributed by atoms with Gasteiger partial charge in [0.05, 0.1) is 13.2 Å². The molecule has 6 atom stereocenters. The molecule has 152 valence electrons. The van der Waals surface area contributed by atoms with E-state index in [1.54, 1.807) is 0 Å². The first-order chi connectivity index (χ1) is 13.4. The fourth-order valence-electron chi connectivity index (χ4n) is 6.87. The minimum atomic E-state index is -0.726. The lowest BCUT2D eigenvalue weighted by atomic mass is 9.45. The normalized spacial score (nSPS) is 40.5. The van der Waals surface area contributed by atoms with Crippen molar-refractivity contribution in [2.75, 3.05) is 19.1 Å². The molecule has 2 bridgehead atoms. The van der Waals surface area contributed by atoms with Crippen molar-refractivity contribution in [1.29, 1.82) is 0 Å². The molecule has 6 rings (SSSR count). The van der Waals surface area contributed by atoms with Crippen LogP contribution in [0.1, 0.15) is 38.7 Å². The van der Waals surface area contributed by atoms with E-state index in [1.165, 1.54) is 24.8 Å². The number of hydrogen-bond donors (Lipinski definition) is 0. The average molecular weight is 397 g/mol. The molecule has 0 saturated heterocycles. The van der Waals surface area contributed by atoms with E-state index in [0.717, 1.165) is 42.1 Å². The lowest BCUT2D eigenvalue weighted by Gasteiger charge is -2.67. The van der Waals surface area contributed by atoms with Gasteiger partial charge < -0.3 is 4.74 Å². The van der Waals surface area contributed by atoms with Crippen molar-refractivity contribution in [1.82, 2.24) is 0 Å². The Morgan fingerprint density at radius 2 is 1.86 bits per heavy atom. The van der Waals surface area contributed by atoms with Gasteiger partial charge in [-0.2, -0.15) is 0 Å². The van der Waals surface area contributed by atoms with Gasteiger partial charge in [0, 0.05) is 4.75 Å². The SMILES string of the molecule is CC1(C)C2CC1C(COCc1ccccc1)[C@@H](S(C)(C)C13C=CC=CC1C3)C2. The zero-order valence-corrected chi connectivity index (χ0v) is 18.8. The quantitative estimate of drug-likeness (QED) is 0.556. The molecule has 28 heavy (non-hydrogen) atoms. The van der Waals surface area contributed by atoms with Crippen molar-refractivity contribution in [2.24, 2.45) is 29.1 Å². The average Bonchev–Trinajstić information content (AvgIpc) is 3.45. The minimum absolute atomic E-state index is 0.484. The summed E-state index contributed by atoms with van der Waals surface area (Å²) in [5, 5.41) is 0.848. The van der Waals surface area contributed by atoms with E-state index in [2.05, 4.69) is 81.0 Å². The first-order valence-electron chi connectivity index (χ1n) is 11.1. The molecule has 5 unspecified atom stereocenters. The van der Waals surface area contributed by atoms with Crippen molar-refractivity contribution in [3.63, 3.8) is 0 Å². The highest BCUT2D eigenvalue weighted by molar-refractivity contribution is 8.34. The maximum absolute atomic E-state index is 6.39. The van der Waals surface area contributed by atoms with Crippen molar-refractivity contribution < 1.29 is 4.74 Å². The van der Waals surface area contributed by atoms with Crippen molar-refractivity contribution in [3.8, 4) is 0 Å². The van der Waals surface area contributed by atoms with Gasteiger partial charge in [0.15, 0.2) is 0 Å². The molecule has 5 aliphatic carbocycles. The van der Waals surface area contributed by atoms with Crippen LogP contribution in [0.25, 0.3) is 0 Å². The summed E-state index contributed by atoms with van der Waals surface area (Å²) in [5.74, 6) is 3.30. The third-order valence-corrected chi connectivity index (χ3v) is 13.7. The monoisotopic (exact) mass is 396 g/mol. The molecule has 4 saturated carbocycles. The molecule has 0 amide bonds. The second-order valence-corrected chi connectivity index (χ2v) is 14.9. The smallest absolute Gasteiger partial charge is 0.0717 e. The molecule has 5 aliphatic rings. The summed E-state index contributed by atoms with van der Waals surface area (Å²) < 4.78 is 6.87. The number of benzene rings is 1. The van der Waals surface area contributed by atoms with E-state index in [1.807, 2.05) is 0 Å². The van der Waals surface area contributed by atoms with E-state index >= 15 is 0 Å². The van der Waals surface area contributed by atoms with E-state index in [-0.39, 0.29) is 0 Å². The van der Waals surface area contributed by atoms with Gasteiger partial charge in [-0.1, -0.05) is 68.5 Å². The van der Waals surface area contributed by atoms with E-state index < -0.39 is 10.0 Å². The Labute approximate surface area is 173 Å². The fraction of sp³-hybridized carbons (Fsp3) is 0.615. The van der Waals surface area contributed by atoms with Gasteiger partial charge in [-0.25, -0.2) is 10.0 Å². The first kappa shape index (κ1) is 19.0. The summed E-state index contributed by atoms with van der Waals surface area (Å²) in [6.45, 7) is 6.75. The Morgan fingerprint density at radius 3 is 2.57 bits per heavy atom. The molecular weight excluding hydrogens is 360 g/mol. The molecule has 0 N–H and O–H groups in total. The topological polar surface area (TPSA) is 9.23 Å². The summed E-state index contributed by atoms with van der Waals surface area (Å²) in [6.07, 6.45) is 19.2. The maximum Gasteiger partial charge on any atom is 0.0717 e. The highest BCUT2D eigenvalue weighted by Gasteiger charge is 2.66. The van der Waals surface area contributed by atoms with Crippen LogP contribution in [0.2, 0.25) is 0 Å². The van der Waals surface area contributed by atoms with Crippen LogP contribution in [0.15, 0.2) is 54.6 Å². The van der Waals surface area contributed by atoms with Crippen molar-refractivity contribution in [2.45, 2.75) is 49.7 Å². The van der Waals surface area contributed by atoms with Crippen LogP contribution in [-0.2, 0) is 11.3 Å². The molecule has 0 aromatic heterocycles. The zero-order chi connectivity index (χ0) is 19.6. The summed E-state index contributed by atoms with van der Waals surface area (Å²) in [5.41, 5.74) is 1.81. The lowest BCUT2D eigenvalue weighted by Crippen LogP contribution is -2.60. The molecule has 4 fully saturated rings. The Bertz CT molecular complexity index is 792. The summed E-state index contributed by atoms with van der Waals surface area (Å²) in [6, 6.07) is 10.7. The Kier molecular flexibility index (Phi) is 4.41. The Balaban J connectivity index is 1.36. The van der Waals surface area contributed by atoms with Gasteiger partial charge in [0.2, 0.25) is 0 Å². The highest BCUT2D eigenvalue weighted by atomic mass is 32.3. The highest BCUT2D eigenvalue weighted by Crippen LogP contribution is 2.78. The van der Waals surface area contributed by atoms with E-state index in [4.69, 9.17) is 4.74 Å². The Morgan fingerprint density at radius 1 is 1.07 bits per heavy atom. The molecule has 0 heterocycles. The molecule has 1 aromatic carbocycles. The van der Waals surface area contributed by atoms with Gasteiger partial charge in [0.25, 0.3) is 0 Å². The number of ether oxygens (including phenoxy) is 1. The minimum Gasteiger partial charge on any atom is -0.376 e. The van der Waals surface area contributed by atoms with Gasteiger partial charge >= 0.3 is 0 Å². The number of fused-ring (bicyclic) bond motifs is 3. The number of hydrogen-bond acceptors (Lipinski definition) is 1. The molecular formula is C26H36OS. The van der Waals surface area contributed by atoms with Gasteiger partial charge in [-0.3, -0.25) is 0 Å². The predicted molar refractivity (Wildman–Crippen MR) is 122 cm³/mol. The summed E-state index contributed by atoms with van der Waals surface area (Å²) in [4.78, 5) is 0. The number of rotatable bonds is 6. The summed E-state index contributed by atoms with van der Waals surface area (Å²) >= 11 is 0. The van der Waals surface area contributed by atoms with Crippen molar-refractivity contribution >= 4 is 10.0 Å². The van der Waals surface area contributed by atoms with Crippen LogP contribution in [0.3, 0.4) is 0 Å². The van der Waals surface area contributed by atoms with Crippen molar-refractivity contribution in [3.05, 3.63) is 60.2 Å². The number of allylic oxidation sites excluding steroid dienone is 3. The molecule has 0 aliphatic heterocycles. The standard InChI is InChI=1S/C26H36OS/c1-25(2)21-14-23(25)22(18-27-17-19-10-6-5-7-11-19)24(15-21)28(3,4)26-13-9-8-12-20(26)16-26/h5-13,20-24H,14-18H2,1-4H3/t20?,21?,22?,23?,24-,26?/m0/s1. The Hall–Kier alpha value is -0.990. The van der Waals surface area contributed by atoms with Crippen LogP contribution < -0.4 is 0 Å². The second kappa shape index (κ2) is 6.51. The maximum atomic E-state index is 6.39. The third kappa shape index (κ3) is 2.70. The lowest BCUT2D eigenvalue weighted by molar-refractivity contribution is -0.122. The third-order valence-electron chi connectivity index (χ3n) is 9.06. The van der Waals surface area contributed by atoms with E-state index in [0.29, 0.717) is 10.2 Å². The van der Waals surface area contributed by atoms with Crippen LogP contribution in [-0.4, -0.2) is 29.1 Å². The van der Waals surface area contributed by atoms with Gasteiger partial charge in [-0.15, -0.1) is 0 Å². The molecule has 1 aromatic rings. The predicted octanol–water partition coefficient (Wildman–Crippen LogP) is 6.20. The molecule has 0 radical (unpaired) electrons. The van der Waals surface area contributed by atoms with Crippen LogP contribution >= 0.6 is 10.0 Å². The summed E-state index contributed by atoms with van der Waals surface area (Å²) in [7, 11) is -0.726. The fourth-order valence-corrected chi connectivity index (χ4v) is 11.2. The van der Waals surface area contributed by atoms with Crippen LogP contribution in [0.4, 0.5) is 0 Å². The molecule has 0 spiro atoms. The first-order valence-corrected chi connectivity index (χ1v) is 13.6. The van der Waals surface area contributed by atoms with Gasteiger partial charge in [-0.05, 0) is 71.7 Å². The second-order valence-electron chi connectivity index (χ2n) is 10.7. The van der Waals surface area contributed by atoms with Gasteiger partial charge in [0.1, 0.15) is 0 Å². The van der Waals surface area contributed by atoms with Crippen LogP contribution in [0, 0.1) is 29.1 Å². The molecule has 1 nitrogen and oxygen atoms in total. The molecule has 2 heteroatoms. The largest absolute Gasteiger partial charge is 0.376 e. The zero-order valence-electron chi connectivity index (χ0n) is 17.9. The van der Waals surface area contributed by atoms with Crippen LogP contribution in [0.5, 0.6) is 0 Å².